The van der Waals surface area contributed by atoms with Crippen molar-refractivity contribution in [1.82, 2.24) is 20.0 Å². The molecule has 2 aromatic rings. The number of hydrogen-bond acceptors (Lipinski definition) is 5. The van der Waals surface area contributed by atoms with Gasteiger partial charge in [-0.15, -0.1) is 10.2 Å². The molecule has 0 unspecified atom stereocenters. The largest absolute Gasteiger partial charge is 0.295 e. The van der Waals surface area contributed by atoms with Gasteiger partial charge in [0.25, 0.3) is 5.91 Å². The topological polar surface area (TPSA) is 72.7 Å². The molecule has 0 saturated heterocycles. The minimum absolute atomic E-state index is 0.195. The van der Waals surface area contributed by atoms with Crippen molar-refractivity contribution in [2.75, 3.05) is 5.32 Å². The Kier molecular flexibility index (Phi) is 4.49. The summed E-state index contributed by atoms with van der Waals surface area (Å²) in [5.74, 6) is 0.329. The van der Waals surface area contributed by atoms with E-state index in [4.69, 9.17) is 0 Å². The van der Waals surface area contributed by atoms with Gasteiger partial charge in [-0.25, -0.2) is 0 Å². The normalized spacial score (nSPS) is 11.1. The van der Waals surface area contributed by atoms with Gasteiger partial charge in [0.1, 0.15) is 10.7 Å². The van der Waals surface area contributed by atoms with E-state index in [1.54, 1.807) is 10.7 Å². The van der Waals surface area contributed by atoms with Crippen molar-refractivity contribution in [1.29, 1.82) is 0 Å². The van der Waals surface area contributed by atoms with Crippen molar-refractivity contribution in [2.45, 2.75) is 40.7 Å². The maximum atomic E-state index is 12.2. The van der Waals surface area contributed by atoms with E-state index >= 15 is 0 Å². The van der Waals surface area contributed by atoms with Gasteiger partial charge in [0, 0.05) is 13.0 Å². The molecule has 6 nitrogen and oxygen atoms in total. The van der Waals surface area contributed by atoms with Crippen molar-refractivity contribution in [3.8, 4) is 0 Å². The molecule has 0 fully saturated rings. The number of aryl methyl sites for hydroxylation is 2. The monoisotopic (exact) mass is 293 g/mol. The molecule has 0 spiro atoms. The molecule has 7 heteroatoms. The molecule has 20 heavy (non-hydrogen) atoms. The highest BCUT2D eigenvalue weighted by molar-refractivity contribution is 7.15. The van der Waals surface area contributed by atoms with Gasteiger partial charge < -0.3 is 0 Å². The molecular weight excluding hydrogens is 274 g/mol. The highest BCUT2D eigenvalue weighted by atomic mass is 32.1. The predicted octanol–water partition coefficient (Wildman–Crippen LogP) is 2.51. The van der Waals surface area contributed by atoms with Crippen LogP contribution in [0.1, 0.15) is 42.0 Å². The van der Waals surface area contributed by atoms with Crippen molar-refractivity contribution in [3.63, 3.8) is 0 Å². The number of rotatable bonds is 5. The van der Waals surface area contributed by atoms with Crippen LogP contribution in [0.4, 0.5) is 5.13 Å². The van der Waals surface area contributed by atoms with E-state index in [1.807, 2.05) is 13.8 Å². The lowest BCUT2D eigenvalue weighted by Gasteiger charge is -2.03. The molecule has 0 atom stereocenters. The first-order valence-electron chi connectivity index (χ1n) is 6.67. The molecule has 0 aromatic carbocycles. The number of hydrogen-bond donors (Lipinski definition) is 1. The van der Waals surface area contributed by atoms with Gasteiger partial charge in [0.05, 0.1) is 5.69 Å². The van der Waals surface area contributed by atoms with E-state index < -0.39 is 0 Å². The third kappa shape index (κ3) is 3.41. The smallest absolute Gasteiger partial charge is 0.275 e. The van der Waals surface area contributed by atoms with Crippen LogP contribution in [0.3, 0.4) is 0 Å². The molecule has 2 heterocycles. The van der Waals surface area contributed by atoms with Crippen LogP contribution in [-0.4, -0.2) is 25.9 Å². The Morgan fingerprint density at radius 3 is 2.85 bits per heavy atom. The molecule has 0 bridgehead atoms. The zero-order chi connectivity index (χ0) is 14.7. The summed E-state index contributed by atoms with van der Waals surface area (Å²) in [4.78, 5) is 12.2. The van der Waals surface area contributed by atoms with Crippen LogP contribution < -0.4 is 5.32 Å². The second kappa shape index (κ2) is 6.13. The summed E-state index contributed by atoms with van der Waals surface area (Å²) in [5, 5.41) is 16.6. The standard InChI is InChI=1S/C13H19N5OS/c1-5-18-10(7-9(4)17-18)12(19)14-13-16-15-11(20-13)6-8(2)3/h7-8H,5-6H2,1-4H3,(H,14,16,19). The molecule has 1 N–H and O–H groups in total. The fourth-order valence-electron chi connectivity index (χ4n) is 1.87. The minimum atomic E-state index is -0.195. The van der Waals surface area contributed by atoms with Crippen LogP contribution >= 0.6 is 11.3 Å². The van der Waals surface area contributed by atoms with Gasteiger partial charge in [-0.1, -0.05) is 25.2 Å². The molecule has 0 aliphatic carbocycles. The SMILES string of the molecule is CCn1nc(C)cc1C(=O)Nc1nnc(CC(C)C)s1. The fourth-order valence-corrected chi connectivity index (χ4v) is 2.81. The van der Waals surface area contributed by atoms with E-state index in [1.165, 1.54) is 11.3 Å². The first kappa shape index (κ1) is 14.6. The Labute approximate surface area is 122 Å². The Hall–Kier alpha value is -1.76. The third-order valence-electron chi connectivity index (χ3n) is 2.70. The molecule has 0 saturated carbocycles. The Bertz CT molecular complexity index is 602. The Morgan fingerprint density at radius 2 is 2.20 bits per heavy atom. The van der Waals surface area contributed by atoms with E-state index in [0.717, 1.165) is 17.1 Å². The summed E-state index contributed by atoms with van der Waals surface area (Å²) in [6.07, 6.45) is 0.875. The van der Waals surface area contributed by atoms with Gasteiger partial charge in [-0.3, -0.25) is 14.8 Å². The average molecular weight is 293 g/mol. The molecule has 2 aromatic heterocycles. The third-order valence-corrected chi connectivity index (χ3v) is 3.57. The summed E-state index contributed by atoms with van der Waals surface area (Å²) in [6.45, 7) is 8.74. The molecule has 1 amide bonds. The zero-order valence-corrected chi connectivity index (χ0v) is 13.0. The summed E-state index contributed by atoms with van der Waals surface area (Å²) in [7, 11) is 0. The molecular formula is C13H19N5OS. The van der Waals surface area contributed by atoms with Crippen molar-refractivity contribution < 1.29 is 4.79 Å². The van der Waals surface area contributed by atoms with Crippen LogP contribution in [0.15, 0.2) is 6.07 Å². The van der Waals surface area contributed by atoms with Gasteiger partial charge >= 0.3 is 0 Å². The minimum Gasteiger partial charge on any atom is -0.295 e. The van der Waals surface area contributed by atoms with E-state index in [-0.39, 0.29) is 5.91 Å². The number of nitrogens with one attached hydrogen (secondary N) is 1. The maximum absolute atomic E-state index is 12.2. The number of amides is 1. The quantitative estimate of drug-likeness (QED) is 0.919. The first-order valence-corrected chi connectivity index (χ1v) is 7.49. The van der Waals surface area contributed by atoms with Crippen molar-refractivity contribution in [3.05, 3.63) is 22.5 Å². The first-order chi connectivity index (χ1) is 9.49. The van der Waals surface area contributed by atoms with Crippen LogP contribution in [0.2, 0.25) is 0 Å². The summed E-state index contributed by atoms with van der Waals surface area (Å²) in [6, 6.07) is 1.77. The van der Waals surface area contributed by atoms with Crippen LogP contribution in [0.5, 0.6) is 0 Å². The second-order valence-electron chi connectivity index (χ2n) is 5.04. The summed E-state index contributed by atoms with van der Waals surface area (Å²) < 4.78 is 1.68. The lowest BCUT2D eigenvalue weighted by Crippen LogP contribution is -2.17. The van der Waals surface area contributed by atoms with Crippen LogP contribution in [-0.2, 0) is 13.0 Å². The number of aromatic nitrogens is 4. The van der Waals surface area contributed by atoms with E-state index in [2.05, 4.69) is 34.5 Å². The molecule has 0 aliphatic heterocycles. The fraction of sp³-hybridized carbons (Fsp3) is 0.538. The number of carbonyl (C=O) groups is 1. The second-order valence-corrected chi connectivity index (χ2v) is 6.10. The van der Waals surface area contributed by atoms with Gasteiger partial charge in [-0.05, 0) is 25.8 Å². The molecule has 2 rings (SSSR count). The maximum Gasteiger partial charge on any atom is 0.275 e. The van der Waals surface area contributed by atoms with E-state index in [0.29, 0.717) is 23.3 Å². The number of carbonyl (C=O) groups excluding carboxylic acids is 1. The lowest BCUT2D eigenvalue weighted by atomic mass is 10.1. The molecule has 108 valence electrons. The Balaban J connectivity index is 2.09. The summed E-state index contributed by atoms with van der Waals surface area (Å²) >= 11 is 1.42. The predicted molar refractivity (Wildman–Crippen MR) is 79.0 cm³/mol. The number of anilines is 1. The molecule has 0 radical (unpaired) electrons. The number of nitrogens with zero attached hydrogens (tertiary/aromatic N) is 4. The van der Waals surface area contributed by atoms with Crippen LogP contribution in [0, 0.1) is 12.8 Å². The molecule has 0 aliphatic rings. The van der Waals surface area contributed by atoms with Gasteiger partial charge in [-0.2, -0.15) is 5.10 Å². The van der Waals surface area contributed by atoms with E-state index in [9.17, 15) is 4.79 Å². The zero-order valence-electron chi connectivity index (χ0n) is 12.2. The van der Waals surface area contributed by atoms with Crippen LogP contribution in [0.25, 0.3) is 0 Å². The average Bonchev–Trinajstić information content (AvgIpc) is 2.95. The van der Waals surface area contributed by atoms with Gasteiger partial charge in [0.2, 0.25) is 5.13 Å². The lowest BCUT2D eigenvalue weighted by molar-refractivity contribution is 0.101. The highest BCUT2D eigenvalue weighted by Gasteiger charge is 2.15. The van der Waals surface area contributed by atoms with Crippen molar-refractivity contribution in [2.24, 2.45) is 5.92 Å². The van der Waals surface area contributed by atoms with Gasteiger partial charge in [0.15, 0.2) is 0 Å². The highest BCUT2D eigenvalue weighted by Crippen LogP contribution is 2.19. The summed E-state index contributed by atoms with van der Waals surface area (Å²) in [5.41, 5.74) is 1.38. The Morgan fingerprint density at radius 1 is 1.45 bits per heavy atom. The van der Waals surface area contributed by atoms with Crippen molar-refractivity contribution >= 4 is 22.4 Å².